The van der Waals surface area contributed by atoms with E-state index in [9.17, 15) is 9.82 Å². The fourth-order valence-electron chi connectivity index (χ4n) is 3.69. The molecule has 0 saturated carbocycles. The normalized spacial score (nSPS) is 12.4. The number of benzene rings is 2. The molecule has 9 nitrogen and oxygen atoms in total. The third-order valence-electron chi connectivity index (χ3n) is 5.10. The molecule has 148 valence electrons. The first kappa shape index (κ1) is 18.1. The summed E-state index contributed by atoms with van der Waals surface area (Å²) in [6.45, 7) is 0.656. The minimum absolute atomic E-state index is 0.205. The van der Waals surface area contributed by atoms with Gasteiger partial charge in [0.15, 0.2) is 0 Å². The quantitative estimate of drug-likeness (QED) is 0.381. The molecule has 0 fully saturated rings. The van der Waals surface area contributed by atoms with Gasteiger partial charge in [-0.05, 0) is 29.8 Å². The Hall–Kier alpha value is -3.92. The zero-order chi connectivity index (χ0) is 20.7. The molecule has 0 bridgehead atoms. The van der Waals surface area contributed by atoms with Gasteiger partial charge in [0.1, 0.15) is 11.4 Å². The summed E-state index contributed by atoms with van der Waals surface area (Å²) in [4.78, 5) is 10.7. The van der Waals surface area contributed by atoms with Crippen LogP contribution in [0, 0.1) is 0 Å². The van der Waals surface area contributed by atoms with Crippen LogP contribution in [0.5, 0.6) is 5.75 Å². The van der Waals surface area contributed by atoms with Crippen LogP contribution < -0.4 is 15.9 Å². The third kappa shape index (κ3) is 2.94. The molecule has 3 heterocycles. The number of fused-ring (bicyclic) bond motifs is 4. The lowest BCUT2D eigenvalue weighted by atomic mass is 9.77. The smallest absolute Gasteiger partial charge is 0.508 e. The van der Waals surface area contributed by atoms with E-state index in [0.717, 1.165) is 27.9 Å². The lowest BCUT2D eigenvalue weighted by molar-refractivity contribution is -0.121. The molecule has 0 radical (unpaired) electrons. The minimum atomic E-state index is -1.42. The first-order chi connectivity index (χ1) is 14.7. The molecule has 0 unspecified atom stereocenters. The number of rotatable bonds is 4. The number of aromatic nitrogens is 4. The Morgan fingerprint density at radius 1 is 1.27 bits per heavy atom. The van der Waals surface area contributed by atoms with Crippen LogP contribution in [0.3, 0.4) is 0 Å². The van der Waals surface area contributed by atoms with Crippen molar-refractivity contribution in [2.45, 2.75) is 6.42 Å². The Morgan fingerprint density at radius 2 is 2.17 bits per heavy atom. The van der Waals surface area contributed by atoms with Crippen molar-refractivity contribution in [3.05, 3.63) is 54.5 Å². The highest BCUT2D eigenvalue weighted by Crippen LogP contribution is 2.37. The molecule has 10 heteroatoms. The highest BCUT2D eigenvalue weighted by Gasteiger charge is 2.26. The highest BCUT2D eigenvalue weighted by molar-refractivity contribution is 6.61. The maximum Gasteiger partial charge on any atom is 0.561 e. The Labute approximate surface area is 171 Å². The van der Waals surface area contributed by atoms with E-state index < -0.39 is 7.12 Å². The Balaban J connectivity index is 1.78. The molecule has 3 N–H and O–H groups in total. The fraction of sp³-hybridized carbons (Fsp3) is 0.100. The van der Waals surface area contributed by atoms with Gasteiger partial charge in [-0.3, -0.25) is 4.79 Å². The van der Waals surface area contributed by atoms with Crippen molar-refractivity contribution in [1.29, 1.82) is 0 Å². The SMILES string of the molecule is Nc1cnnc2cc(-c3cc(B(O)OC=O)cc4c3-n3nccc3CCO4)ccc12. The summed E-state index contributed by atoms with van der Waals surface area (Å²) >= 11 is 0. The van der Waals surface area contributed by atoms with Crippen molar-refractivity contribution in [3.8, 4) is 22.6 Å². The summed E-state index contributed by atoms with van der Waals surface area (Å²) in [7, 11) is -1.42. The minimum Gasteiger partial charge on any atom is -0.508 e. The van der Waals surface area contributed by atoms with Crippen LogP contribution in [-0.2, 0) is 15.9 Å². The van der Waals surface area contributed by atoms with Gasteiger partial charge in [0.05, 0.1) is 24.0 Å². The molecule has 0 amide bonds. The second kappa shape index (κ2) is 7.16. The van der Waals surface area contributed by atoms with Crippen molar-refractivity contribution in [2.24, 2.45) is 0 Å². The number of anilines is 1. The molecule has 0 spiro atoms. The largest absolute Gasteiger partial charge is 0.561 e. The molecule has 0 saturated heterocycles. The van der Waals surface area contributed by atoms with Gasteiger partial charge in [0.2, 0.25) is 0 Å². The number of nitrogens with two attached hydrogens (primary N) is 1. The van der Waals surface area contributed by atoms with Crippen LogP contribution in [0.25, 0.3) is 27.7 Å². The second-order valence-corrected chi connectivity index (χ2v) is 6.86. The lowest BCUT2D eigenvalue weighted by Crippen LogP contribution is -2.33. The second-order valence-electron chi connectivity index (χ2n) is 6.86. The monoisotopic (exact) mass is 401 g/mol. The molecule has 2 aromatic heterocycles. The van der Waals surface area contributed by atoms with Crippen molar-refractivity contribution in [1.82, 2.24) is 20.0 Å². The Kier molecular flexibility index (Phi) is 4.33. The van der Waals surface area contributed by atoms with E-state index in [2.05, 4.69) is 15.3 Å². The van der Waals surface area contributed by atoms with Gasteiger partial charge in [-0.1, -0.05) is 12.1 Å². The molecular formula is C20H16BN5O4. The highest BCUT2D eigenvalue weighted by atomic mass is 16.5. The summed E-state index contributed by atoms with van der Waals surface area (Å²) in [6.07, 6.45) is 3.92. The summed E-state index contributed by atoms with van der Waals surface area (Å²) in [5.74, 6) is 0.525. The summed E-state index contributed by atoms with van der Waals surface area (Å²) < 4.78 is 12.5. The van der Waals surface area contributed by atoms with Crippen LogP contribution in [0.15, 0.2) is 48.8 Å². The first-order valence-corrected chi connectivity index (χ1v) is 9.28. The first-order valence-electron chi connectivity index (χ1n) is 9.28. The molecule has 0 atom stereocenters. The van der Waals surface area contributed by atoms with Gasteiger partial charge < -0.3 is 20.1 Å². The van der Waals surface area contributed by atoms with E-state index in [4.69, 9.17) is 15.1 Å². The van der Waals surface area contributed by atoms with Crippen molar-refractivity contribution < 1.29 is 19.2 Å². The Bertz CT molecular complexity index is 1280. The van der Waals surface area contributed by atoms with Crippen LogP contribution in [0.1, 0.15) is 5.69 Å². The zero-order valence-corrected chi connectivity index (χ0v) is 15.7. The molecule has 2 aromatic carbocycles. The maximum absolute atomic E-state index is 10.7. The van der Waals surface area contributed by atoms with Crippen molar-refractivity contribution in [3.63, 3.8) is 0 Å². The predicted octanol–water partition coefficient (Wildman–Crippen LogP) is 0.860. The van der Waals surface area contributed by atoms with Crippen LogP contribution >= 0.6 is 0 Å². The lowest BCUT2D eigenvalue weighted by Gasteiger charge is -2.17. The molecule has 1 aliphatic heterocycles. The van der Waals surface area contributed by atoms with Crippen LogP contribution in [0.4, 0.5) is 5.69 Å². The number of ether oxygens (including phenoxy) is 1. The van der Waals surface area contributed by atoms with E-state index in [-0.39, 0.29) is 6.47 Å². The van der Waals surface area contributed by atoms with E-state index in [1.165, 1.54) is 6.20 Å². The number of hydrogen-bond acceptors (Lipinski definition) is 8. The average Bonchev–Trinajstić information content (AvgIpc) is 3.14. The fourth-order valence-corrected chi connectivity index (χ4v) is 3.69. The molecule has 0 aliphatic carbocycles. The van der Waals surface area contributed by atoms with E-state index in [0.29, 0.717) is 35.4 Å². The molecular weight excluding hydrogens is 385 g/mol. The summed E-state index contributed by atoms with van der Waals surface area (Å²) in [6, 6.07) is 11.0. The van der Waals surface area contributed by atoms with Crippen LogP contribution in [0.2, 0.25) is 0 Å². The predicted molar refractivity (Wildman–Crippen MR) is 110 cm³/mol. The summed E-state index contributed by atoms with van der Waals surface area (Å²) in [5, 5.41) is 23.6. The van der Waals surface area contributed by atoms with Crippen LogP contribution in [-0.4, -0.2) is 45.2 Å². The molecule has 5 rings (SSSR count). The number of hydrogen-bond donors (Lipinski definition) is 2. The zero-order valence-electron chi connectivity index (χ0n) is 15.7. The topological polar surface area (TPSA) is 125 Å². The third-order valence-corrected chi connectivity index (χ3v) is 5.10. The van der Waals surface area contributed by atoms with Gasteiger partial charge in [0.25, 0.3) is 6.47 Å². The van der Waals surface area contributed by atoms with Gasteiger partial charge in [0, 0.05) is 34.7 Å². The van der Waals surface area contributed by atoms with Crippen molar-refractivity contribution >= 4 is 35.6 Å². The number of carbonyl (C=O) groups is 1. The van der Waals surface area contributed by atoms with Gasteiger partial charge in [-0.15, -0.1) is 0 Å². The molecule has 1 aliphatic rings. The number of carbonyl (C=O) groups excluding carboxylic acids is 1. The standard InChI is InChI=1S/C20H16BN5O4/c22-17-10-23-25-18-7-12(1-2-15(17)18)16-8-13(21(28)30-11-27)9-19-20(16)26-14(3-5-24-26)4-6-29-19/h1-3,5,7-11,28H,4,6H2,(H2,22,25). The number of nitrogen functional groups attached to an aromatic ring is 1. The van der Waals surface area contributed by atoms with Gasteiger partial charge in [-0.2, -0.15) is 15.3 Å². The molecule has 30 heavy (non-hydrogen) atoms. The maximum atomic E-state index is 10.7. The van der Waals surface area contributed by atoms with Gasteiger partial charge >= 0.3 is 7.12 Å². The van der Waals surface area contributed by atoms with E-state index >= 15 is 0 Å². The average molecular weight is 401 g/mol. The molecule has 4 aromatic rings. The summed E-state index contributed by atoms with van der Waals surface area (Å²) in [5.41, 5.74) is 10.8. The van der Waals surface area contributed by atoms with Gasteiger partial charge in [-0.25, -0.2) is 4.68 Å². The van der Waals surface area contributed by atoms with Crippen molar-refractivity contribution in [2.75, 3.05) is 12.3 Å². The number of nitrogens with zero attached hydrogens (tertiary/aromatic N) is 4. The van der Waals surface area contributed by atoms with E-state index in [1.54, 1.807) is 18.3 Å². The Morgan fingerprint density at radius 3 is 3.03 bits per heavy atom. The van der Waals surface area contributed by atoms with E-state index in [1.807, 2.05) is 28.9 Å².